The highest BCUT2D eigenvalue weighted by atomic mass is 16.7. The third-order valence-electron chi connectivity index (χ3n) is 5.42. The second-order valence-corrected chi connectivity index (χ2v) is 10.2. The van der Waals surface area contributed by atoms with E-state index in [-0.39, 0.29) is 51.0 Å². The maximum atomic E-state index is 13.6. The molecule has 208 valence electrons. The van der Waals surface area contributed by atoms with Crippen LogP contribution in [0.1, 0.15) is 96.8 Å². The van der Waals surface area contributed by atoms with Crippen LogP contribution in [0.5, 0.6) is 28.7 Å². The van der Waals surface area contributed by atoms with Gasteiger partial charge in [0.05, 0.1) is 35.5 Å². The largest absolute Gasteiger partial charge is 0.486 e. The lowest BCUT2D eigenvalue weighted by atomic mass is 10.0. The van der Waals surface area contributed by atoms with Crippen LogP contribution in [0, 0.1) is 0 Å². The van der Waals surface area contributed by atoms with Gasteiger partial charge in [0.1, 0.15) is 16.9 Å². The van der Waals surface area contributed by atoms with Crippen LogP contribution in [0.2, 0.25) is 0 Å². The lowest BCUT2D eigenvalue weighted by molar-refractivity contribution is -0.120. The molecule has 4 rings (SSSR count). The zero-order valence-electron chi connectivity index (χ0n) is 23.2. The first-order valence-corrected chi connectivity index (χ1v) is 12.8. The van der Waals surface area contributed by atoms with Gasteiger partial charge in [-0.1, -0.05) is 0 Å². The molecule has 2 aliphatic rings. The van der Waals surface area contributed by atoms with E-state index in [1.54, 1.807) is 55.4 Å². The van der Waals surface area contributed by atoms with Crippen molar-refractivity contribution in [2.45, 2.75) is 79.8 Å². The highest BCUT2D eigenvalue weighted by Crippen LogP contribution is 2.55. The van der Waals surface area contributed by atoms with Gasteiger partial charge in [0.2, 0.25) is 11.5 Å². The van der Waals surface area contributed by atoms with Gasteiger partial charge in [-0.3, -0.25) is 29.3 Å². The number of fused-ring (bicyclic) bond motifs is 2. The van der Waals surface area contributed by atoms with Gasteiger partial charge in [-0.05, 0) is 73.6 Å². The molecule has 0 saturated heterocycles. The zero-order valence-corrected chi connectivity index (χ0v) is 23.2. The first-order valence-electron chi connectivity index (χ1n) is 12.8. The minimum absolute atomic E-state index is 0.00194. The molecule has 0 atom stereocenters. The maximum Gasteiger partial charge on any atom is 0.289 e. The first kappa shape index (κ1) is 27.9. The molecule has 2 aliphatic heterocycles. The van der Waals surface area contributed by atoms with Crippen molar-refractivity contribution >= 4 is 23.6 Å². The molecule has 0 bridgehead atoms. The molecule has 11 nitrogen and oxygen atoms in total. The molecule has 0 spiro atoms. The summed E-state index contributed by atoms with van der Waals surface area (Å²) in [6.07, 6.45) is -1.72. The van der Waals surface area contributed by atoms with Crippen LogP contribution >= 0.6 is 0 Å². The fraction of sp³-hybridized carbons (Fsp3) is 0.429. The summed E-state index contributed by atoms with van der Waals surface area (Å²) < 4.78 is 24.6. The Morgan fingerprint density at radius 1 is 0.615 bits per heavy atom. The van der Waals surface area contributed by atoms with Crippen LogP contribution in [0.25, 0.3) is 0 Å². The van der Waals surface area contributed by atoms with E-state index < -0.39 is 48.0 Å². The van der Waals surface area contributed by atoms with E-state index in [0.29, 0.717) is 5.06 Å². The fourth-order valence-electron chi connectivity index (χ4n) is 4.13. The minimum atomic E-state index is -0.743. The average molecular weight is 541 g/mol. The van der Waals surface area contributed by atoms with Crippen LogP contribution in [0.4, 0.5) is 0 Å². The van der Waals surface area contributed by atoms with Gasteiger partial charge >= 0.3 is 0 Å². The average Bonchev–Trinajstić information content (AvgIpc) is 3.24. The van der Waals surface area contributed by atoms with E-state index in [2.05, 4.69) is 5.32 Å². The Bertz CT molecular complexity index is 1360. The standard InChI is InChI=1S/C28H32N2O9/c1-12(2)35-21-19-20(28(34)30(27(19)33)39-15(7)8)22(36-13(3)4)24(23(21)37-14(5)6)38-16-9-10-17-18(11-16)26(32)29-25(17)31/h9-15H,1-8H3,(H,29,31,32). The number of hydrogen-bond acceptors (Lipinski definition) is 9. The lowest BCUT2D eigenvalue weighted by Crippen LogP contribution is -2.32. The van der Waals surface area contributed by atoms with Gasteiger partial charge in [0, 0.05) is 0 Å². The summed E-state index contributed by atoms with van der Waals surface area (Å²) in [5.41, 5.74) is 0.194. The second kappa shape index (κ2) is 10.6. The van der Waals surface area contributed by atoms with Crippen molar-refractivity contribution < 1.29 is 43.0 Å². The van der Waals surface area contributed by atoms with E-state index in [1.807, 2.05) is 0 Å². The van der Waals surface area contributed by atoms with E-state index in [1.165, 1.54) is 18.2 Å². The van der Waals surface area contributed by atoms with Crippen molar-refractivity contribution in [1.29, 1.82) is 0 Å². The number of benzene rings is 2. The Balaban J connectivity index is 2.01. The van der Waals surface area contributed by atoms with Crippen LogP contribution in [-0.2, 0) is 4.84 Å². The molecule has 2 aromatic carbocycles. The molecule has 0 saturated carbocycles. The van der Waals surface area contributed by atoms with Crippen LogP contribution < -0.4 is 24.3 Å². The third-order valence-corrected chi connectivity index (χ3v) is 5.42. The summed E-state index contributed by atoms with van der Waals surface area (Å²) in [6.45, 7) is 14.0. The Morgan fingerprint density at radius 3 is 1.62 bits per heavy atom. The number of nitrogens with zero attached hydrogens (tertiary/aromatic N) is 1. The normalized spacial score (nSPS) is 14.5. The highest BCUT2D eigenvalue weighted by Gasteiger charge is 2.47. The van der Waals surface area contributed by atoms with E-state index in [9.17, 15) is 19.2 Å². The molecule has 0 aliphatic carbocycles. The number of nitrogens with one attached hydrogen (secondary N) is 1. The number of hydrogen-bond donors (Lipinski definition) is 1. The molecule has 0 radical (unpaired) electrons. The number of rotatable bonds is 10. The summed E-state index contributed by atoms with van der Waals surface area (Å²) in [4.78, 5) is 57.0. The van der Waals surface area contributed by atoms with Gasteiger partial charge in [0.15, 0.2) is 11.5 Å². The van der Waals surface area contributed by atoms with Crippen molar-refractivity contribution in [2.24, 2.45) is 0 Å². The lowest BCUT2D eigenvalue weighted by Gasteiger charge is -2.25. The first-order chi connectivity index (χ1) is 18.3. The van der Waals surface area contributed by atoms with Crippen LogP contribution in [0.3, 0.4) is 0 Å². The van der Waals surface area contributed by atoms with Crippen molar-refractivity contribution in [3.63, 3.8) is 0 Å². The Hall–Kier alpha value is -4.12. The predicted molar refractivity (Wildman–Crippen MR) is 139 cm³/mol. The Morgan fingerprint density at radius 2 is 1.10 bits per heavy atom. The van der Waals surface area contributed by atoms with Gasteiger partial charge in [-0.25, -0.2) is 0 Å². The maximum absolute atomic E-state index is 13.6. The van der Waals surface area contributed by atoms with E-state index >= 15 is 0 Å². The van der Waals surface area contributed by atoms with Crippen molar-refractivity contribution in [2.75, 3.05) is 0 Å². The number of imide groups is 2. The molecule has 39 heavy (non-hydrogen) atoms. The molecule has 2 aromatic rings. The number of carbonyl (C=O) groups excluding carboxylic acids is 4. The number of hydroxylamine groups is 2. The minimum Gasteiger partial charge on any atom is -0.486 e. The van der Waals surface area contributed by atoms with Crippen LogP contribution in [-0.4, -0.2) is 53.1 Å². The molecule has 0 fully saturated rings. The predicted octanol–water partition coefficient (Wildman–Crippen LogP) is 4.66. The van der Waals surface area contributed by atoms with Gasteiger partial charge in [-0.2, -0.15) is 0 Å². The molecular formula is C28H32N2O9. The third kappa shape index (κ3) is 5.26. The summed E-state index contributed by atoms with van der Waals surface area (Å²) in [7, 11) is 0. The molecule has 1 N–H and O–H groups in total. The number of amides is 4. The monoisotopic (exact) mass is 540 g/mol. The number of ether oxygens (including phenoxy) is 4. The molecule has 4 amide bonds. The summed E-state index contributed by atoms with van der Waals surface area (Å²) >= 11 is 0. The summed E-state index contributed by atoms with van der Waals surface area (Å²) in [5, 5.41) is 2.92. The van der Waals surface area contributed by atoms with Gasteiger partial charge in [0.25, 0.3) is 23.6 Å². The molecule has 0 aromatic heterocycles. The van der Waals surface area contributed by atoms with Gasteiger partial charge in [-0.15, -0.1) is 5.06 Å². The Labute approximate surface area is 226 Å². The van der Waals surface area contributed by atoms with E-state index in [4.69, 9.17) is 23.8 Å². The molecular weight excluding hydrogens is 508 g/mol. The number of carbonyl (C=O) groups is 4. The summed E-state index contributed by atoms with van der Waals surface area (Å²) in [6, 6.07) is 4.38. The molecule has 0 unspecified atom stereocenters. The zero-order chi connectivity index (χ0) is 28.8. The topological polar surface area (TPSA) is 130 Å². The van der Waals surface area contributed by atoms with Crippen molar-refractivity contribution in [3.8, 4) is 28.7 Å². The fourth-order valence-corrected chi connectivity index (χ4v) is 4.13. The van der Waals surface area contributed by atoms with Crippen LogP contribution in [0.15, 0.2) is 18.2 Å². The molecule has 2 heterocycles. The Kier molecular flexibility index (Phi) is 7.56. The second-order valence-electron chi connectivity index (χ2n) is 10.2. The quantitative estimate of drug-likeness (QED) is 0.428. The highest BCUT2D eigenvalue weighted by molar-refractivity contribution is 6.24. The molecule has 11 heteroatoms. The van der Waals surface area contributed by atoms with Gasteiger partial charge < -0.3 is 18.9 Å². The SMILES string of the molecule is CC(C)Oc1c(Oc2ccc3c(c2)C(=O)NC3=O)c(OC(C)C)c2c(c1OC(C)C)C(=O)N(OC(C)C)C2=O. The van der Waals surface area contributed by atoms with Crippen molar-refractivity contribution in [1.82, 2.24) is 10.4 Å². The summed E-state index contributed by atoms with van der Waals surface area (Å²) in [5.74, 6) is -2.38. The van der Waals surface area contributed by atoms with E-state index in [0.717, 1.165) is 0 Å². The smallest absolute Gasteiger partial charge is 0.289 e. The van der Waals surface area contributed by atoms with Crippen molar-refractivity contribution in [3.05, 3.63) is 40.5 Å².